The van der Waals surface area contributed by atoms with Gasteiger partial charge in [-0.25, -0.2) is 4.39 Å². The summed E-state index contributed by atoms with van der Waals surface area (Å²) in [5.74, 6) is -0.579. The number of carbonyl (C=O) groups is 1. The fourth-order valence-corrected chi connectivity index (χ4v) is 2.11. The molecule has 0 aliphatic carbocycles. The zero-order chi connectivity index (χ0) is 13.8. The minimum atomic E-state index is -0.617. The van der Waals surface area contributed by atoms with E-state index < -0.39 is 10.7 Å². The number of hydrogen-bond acceptors (Lipinski definition) is 4. The maximum absolute atomic E-state index is 13.8. The molecule has 0 bridgehead atoms. The highest BCUT2D eigenvalue weighted by molar-refractivity contribution is 6.64. The van der Waals surface area contributed by atoms with Gasteiger partial charge in [-0.05, 0) is 24.6 Å². The third kappa shape index (κ3) is 3.06. The van der Waals surface area contributed by atoms with Gasteiger partial charge in [0.15, 0.2) is 0 Å². The third-order valence-electron chi connectivity index (χ3n) is 3.14. The lowest BCUT2D eigenvalue weighted by Crippen LogP contribution is -2.32. The Hall–Kier alpha value is -2.02. The Balaban J connectivity index is 2.19. The Kier molecular flexibility index (Phi) is 4.06. The Morgan fingerprint density at radius 2 is 2.26 bits per heavy atom. The minimum absolute atomic E-state index is 0.250. The van der Waals surface area contributed by atoms with Gasteiger partial charge in [0, 0.05) is 18.2 Å². The van der Waals surface area contributed by atoms with E-state index in [-0.39, 0.29) is 5.69 Å². The van der Waals surface area contributed by atoms with Crippen molar-refractivity contribution in [3.05, 3.63) is 45.8 Å². The molecule has 98 valence electrons. The summed E-state index contributed by atoms with van der Waals surface area (Å²) in [5.41, 5.74) is 0.978. The molecule has 1 aliphatic rings. The normalized spacial score (nSPS) is 15.7. The Bertz CT molecular complexity index is 548. The van der Waals surface area contributed by atoms with E-state index in [9.17, 15) is 19.3 Å². The number of nitrogens with zero attached hydrogens (tertiary/aromatic N) is 2. The molecule has 0 spiro atoms. The van der Waals surface area contributed by atoms with E-state index in [4.69, 9.17) is 0 Å². The molecule has 0 unspecified atom stereocenters. The summed E-state index contributed by atoms with van der Waals surface area (Å²) in [7, 11) is 0.368. The number of halogens is 1. The van der Waals surface area contributed by atoms with E-state index >= 15 is 0 Å². The summed E-state index contributed by atoms with van der Waals surface area (Å²) in [6.07, 6.45) is 3.32. The second-order valence-corrected chi connectivity index (χ2v) is 4.33. The van der Waals surface area contributed by atoms with Gasteiger partial charge >= 0.3 is 0 Å². The van der Waals surface area contributed by atoms with E-state index in [2.05, 4.69) is 0 Å². The summed E-state index contributed by atoms with van der Waals surface area (Å²) in [4.78, 5) is 22.3. The Morgan fingerprint density at radius 3 is 2.79 bits per heavy atom. The molecule has 0 radical (unpaired) electrons. The first-order valence-corrected chi connectivity index (χ1v) is 5.91. The van der Waals surface area contributed by atoms with Crippen LogP contribution < -0.4 is 0 Å². The monoisotopic (exact) mass is 262 g/mol. The Labute approximate surface area is 110 Å². The van der Waals surface area contributed by atoms with Gasteiger partial charge in [0.05, 0.1) is 17.2 Å². The average molecular weight is 262 g/mol. The molecule has 0 saturated carbocycles. The van der Waals surface area contributed by atoms with Crippen LogP contribution in [0.15, 0.2) is 24.3 Å². The van der Waals surface area contributed by atoms with Gasteiger partial charge in [0.2, 0.25) is 0 Å². The quantitative estimate of drug-likeness (QED) is 0.356. The van der Waals surface area contributed by atoms with Crippen LogP contribution in [0.2, 0.25) is 0 Å². The molecule has 7 heteroatoms. The number of benzene rings is 1. The first-order chi connectivity index (χ1) is 9.11. The van der Waals surface area contributed by atoms with E-state index in [1.165, 1.54) is 12.1 Å². The number of hydrogen-bond donors (Lipinski definition) is 0. The maximum atomic E-state index is 13.8. The van der Waals surface area contributed by atoms with Crippen molar-refractivity contribution in [3.63, 3.8) is 0 Å². The summed E-state index contributed by atoms with van der Waals surface area (Å²) in [5, 5.41) is 10.5. The van der Waals surface area contributed by atoms with Crippen molar-refractivity contribution in [2.75, 3.05) is 13.1 Å². The lowest BCUT2D eigenvalue weighted by atomic mass is 9.89. The van der Waals surface area contributed by atoms with E-state index in [0.717, 1.165) is 17.8 Å². The van der Waals surface area contributed by atoms with Crippen molar-refractivity contribution in [2.45, 2.75) is 6.42 Å². The van der Waals surface area contributed by atoms with Crippen LogP contribution in [0.1, 0.15) is 12.0 Å². The van der Waals surface area contributed by atoms with Gasteiger partial charge in [0.25, 0.3) is 13.1 Å². The molecule has 1 aromatic carbocycles. The van der Waals surface area contributed by atoms with Gasteiger partial charge in [-0.3, -0.25) is 10.1 Å². The summed E-state index contributed by atoms with van der Waals surface area (Å²) < 4.78 is 13.8. The second kappa shape index (κ2) is 5.75. The summed E-state index contributed by atoms with van der Waals surface area (Å²) >= 11 is 0. The highest BCUT2D eigenvalue weighted by atomic mass is 19.1. The minimum Gasteiger partial charge on any atom is -0.335 e. The van der Waals surface area contributed by atoms with Crippen molar-refractivity contribution < 1.29 is 14.1 Å². The van der Waals surface area contributed by atoms with Crippen molar-refractivity contribution >= 4 is 24.9 Å². The highest BCUT2D eigenvalue weighted by Crippen LogP contribution is 2.26. The fourth-order valence-electron chi connectivity index (χ4n) is 2.11. The molecular weight excluding hydrogens is 250 g/mol. The molecule has 0 atom stereocenters. The second-order valence-electron chi connectivity index (χ2n) is 4.33. The predicted molar refractivity (Wildman–Crippen MR) is 71.1 cm³/mol. The third-order valence-corrected chi connectivity index (χ3v) is 3.14. The lowest BCUT2D eigenvalue weighted by Gasteiger charge is -2.24. The van der Waals surface area contributed by atoms with Gasteiger partial charge in [0.1, 0.15) is 5.82 Å². The zero-order valence-electron chi connectivity index (χ0n) is 10.2. The lowest BCUT2D eigenvalue weighted by molar-refractivity contribution is -0.385. The Morgan fingerprint density at radius 1 is 1.47 bits per heavy atom. The molecule has 5 nitrogen and oxygen atoms in total. The molecule has 1 aliphatic heterocycles. The molecule has 0 N–H and O–H groups in total. The number of nitro benzene ring substituents is 1. The molecule has 1 heterocycles. The average Bonchev–Trinajstić information content (AvgIpc) is 2.40. The van der Waals surface area contributed by atoms with Gasteiger partial charge in [-0.1, -0.05) is 6.08 Å². The van der Waals surface area contributed by atoms with E-state index in [1.807, 2.05) is 10.9 Å². The smallest absolute Gasteiger partial charge is 0.281 e. The van der Waals surface area contributed by atoms with Crippen LogP contribution in [0, 0.1) is 15.9 Å². The predicted octanol–water partition coefficient (Wildman–Crippen LogP) is 1.36. The van der Waals surface area contributed by atoms with Crippen LogP contribution >= 0.6 is 0 Å². The number of rotatable bonds is 4. The van der Waals surface area contributed by atoms with Crippen molar-refractivity contribution in [2.24, 2.45) is 0 Å². The zero-order valence-corrected chi connectivity index (χ0v) is 10.2. The van der Waals surface area contributed by atoms with Crippen molar-refractivity contribution in [1.82, 2.24) is 4.81 Å². The number of carbonyl (C=O) groups excluding carboxylic acids is 1. The first kappa shape index (κ1) is 13.4. The number of nitro groups is 1. The van der Waals surface area contributed by atoms with Gasteiger partial charge < -0.3 is 9.61 Å². The highest BCUT2D eigenvalue weighted by Gasteiger charge is 2.17. The summed E-state index contributed by atoms with van der Waals surface area (Å²) in [6, 6.07) is 3.68. The molecule has 0 amide bonds. The molecule has 0 saturated heterocycles. The molecule has 1 aromatic rings. The molecule has 2 rings (SSSR count). The van der Waals surface area contributed by atoms with Crippen LogP contribution in [0.5, 0.6) is 0 Å². The van der Waals surface area contributed by atoms with Crippen LogP contribution in [0.3, 0.4) is 0 Å². The van der Waals surface area contributed by atoms with Crippen LogP contribution in [0.4, 0.5) is 10.1 Å². The van der Waals surface area contributed by atoms with E-state index in [1.54, 1.807) is 0 Å². The molecular formula is C12H12BFN2O3. The van der Waals surface area contributed by atoms with Crippen molar-refractivity contribution in [1.29, 1.82) is 0 Å². The van der Waals surface area contributed by atoms with Gasteiger partial charge in [-0.2, -0.15) is 0 Å². The van der Waals surface area contributed by atoms with Crippen LogP contribution in [-0.2, 0) is 4.79 Å². The number of non-ortho nitro benzene ring substituents is 1. The molecule has 0 fully saturated rings. The largest absolute Gasteiger partial charge is 0.335 e. The SMILES string of the molecule is O=CBN1CC=C(c2ccc([N+](=O)[O-])cc2F)CC1. The molecule has 0 aromatic heterocycles. The van der Waals surface area contributed by atoms with Gasteiger partial charge in [-0.15, -0.1) is 0 Å². The fraction of sp³-hybridized carbons (Fsp3) is 0.250. The first-order valence-electron chi connectivity index (χ1n) is 5.91. The van der Waals surface area contributed by atoms with Crippen LogP contribution in [-0.4, -0.2) is 36.4 Å². The van der Waals surface area contributed by atoms with Crippen LogP contribution in [0.25, 0.3) is 5.57 Å². The van der Waals surface area contributed by atoms with E-state index in [0.29, 0.717) is 32.5 Å². The topological polar surface area (TPSA) is 63.5 Å². The molecule has 19 heavy (non-hydrogen) atoms. The summed E-state index contributed by atoms with van der Waals surface area (Å²) in [6.45, 7) is 1.27. The standard InChI is InChI=1S/C12H12BFN2O3/c14-12-7-10(16(18)19)1-2-11(12)9-3-5-15(6-4-9)13-8-17/h1-3,7-8,13H,4-6H2. The maximum Gasteiger partial charge on any atom is 0.281 e. The van der Waals surface area contributed by atoms with Crippen molar-refractivity contribution in [3.8, 4) is 0 Å².